The first-order valence-electron chi connectivity index (χ1n) is 11.7. The van der Waals surface area contributed by atoms with Crippen LogP contribution in [0.25, 0.3) is 55.8 Å². The number of rotatable bonds is 2. The molecule has 1 aliphatic rings. The molecule has 1 N–H and O–H groups in total. The van der Waals surface area contributed by atoms with Gasteiger partial charge in [-0.2, -0.15) is 0 Å². The van der Waals surface area contributed by atoms with Gasteiger partial charge in [-0.25, -0.2) is 9.97 Å². The number of pyridine rings is 2. The number of fused-ring (bicyclic) bond motifs is 7. The molecule has 6 aromatic rings. The lowest BCUT2D eigenvalue weighted by Crippen LogP contribution is -2.15. The lowest BCUT2D eigenvalue weighted by Gasteiger charge is -2.21. The molecule has 1 aliphatic carbocycles. The number of furan rings is 1. The third-order valence-electron chi connectivity index (χ3n) is 7.21. The molecule has 0 spiro atoms. The van der Waals surface area contributed by atoms with E-state index in [0.717, 1.165) is 44.6 Å². The maximum absolute atomic E-state index is 10.4. The summed E-state index contributed by atoms with van der Waals surface area (Å²) in [7, 11) is 0. The Bertz CT molecular complexity index is 1780. The molecule has 7 rings (SSSR count). The van der Waals surface area contributed by atoms with E-state index in [9.17, 15) is 5.11 Å². The zero-order valence-corrected chi connectivity index (χ0v) is 19.4. The number of benzene rings is 3. The van der Waals surface area contributed by atoms with E-state index >= 15 is 0 Å². The Morgan fingerprint density at radius 3 is 2.23 bits per heavy atom. The number of hydrogen-bond acceptors (Lipinski definition) is 4. The molecule has 3 aromatic heterocycles. The van der Waals surface area contributed by atoms with Crippen LogP contribution in [0.4, 0.5) is 0 Å². The molecule has 3 heterocycles. The van der Waals surface area contributed by atoms with E-state index in [-0.39, 0.29) is 11.2 Å². The molecule has 35 heavy (non-hydrogen) atoms. The highest BCUT2D eigenvalue weighted by atomic mass is 16.3. The Hall–Kier alpha value is -4.44. The fourth-order valence-corrected chi connectivity index (χ4v) is 5.41. The van der Waals surface area contributed by atoms with Crippen LogP contribution in [0.1, 0.15) is 25.0 Å². The predicted octanol–water partition coefficient (Wildman–Crippen LogP) is 7.72. The maximum atomic E-state index is 10.4. The predicted molar refractivity (Wildman–Crippen MR) is 139 cm³/mol. The van der Waals surface area contributed by atoms with Crippen molar-refractivity contribution in [2.24, 2.45) is 0 Å². The Labute approximate surface area is 202 Å². The molecule has 0 aliphatic heterocycles. The number of aromatic nitrogens is 2. The molecular weight excluding hydrogens is 432 g/mol. The largest absolute Gasteiger partial charge is 0.507 e. The van der Waals surface area contributed by atoms with E-state index in [1.54, 1.807) is 6.07 Å². The van der Waals surface area contributed by atoms with E-state index in [2.05, 4.69) is 44.2 Å². The molecule has 3 aromatic carbocycles. The number of nitrogens with zero attached hydrogens (tertiary/aromatic N) is 2. The van der Waals surface area contributed by atoms with Crippen molar-refractivity contribution in [3.63, 3.8) is 0 Å². The van der Waals surface area contributed by atoms with Gasteiger partial charge < -0.3 is 9.52 Å². The topological polar surface area (TPSA) is 59.2 Å². The van der Waals surface area contributed by atoms with Crippen molar-refractivity contribution in [3.05, 3.63) is 102 Å². The SMILES string of the molecule is CC1(C)c2ccc(-c3ccccc3)nc2-c2c1ccc1oc3ccc(-c4ccccc4O)nc3c21. The molecule has 0 amide bonds. The Balaban J connectivity index is 1.55. The Morgan fingerprint density at radius 1 is 0.686 bits per heavy atom. The average molecular weight is 455 g/mol. The van der Waals surface area contributed by atoms with Gasteiger partial charge in [-0.1, -0.05) is 68.4 Å². The van der Waals surface area contributed by atoms with E-state index in [1.165, 1.54) is 11.1 Å². The summed E-state index contributed by atoms with van der Waals surface area (Å²) >= 11 is 0. The quantitative estimate of drug-likeness (QED) is 0.291. The van der Waals surface area contributed by atoms with Crippen LogP contribution in [0.3, 0.4) is 0 Å². The Kier molecular flexibility index (Phi) is 4.01. The Morgan fingerprint density at radius 2 is 1.40 bits per heavy atom. The molecular formula is C31H22N2O2. The van der Waals surface area contributed by atoms with Gasteiger partial charge in [0.1, 0.15) is 16.8 Å². The number of para-hydroxylation sites is 1. The summed E-state index contributed by atoms with van der Waals surface area (Å²) in [5.74, 6) is 0.207. The highest BCUT2D eigenvalue weighted by Gasteiger charge is 2.39. The second-order valence-electron chi connectivity index (χ2n) is 9.61. The average Bonchev–Trinajstić information content (AvgIpc) is 3.36. The molecule has 0 fully saturated rings. The van der Waals surface area contributed by atoms with Crippen molar-refractivity contribution in [1.82, 2.24) is 9.97 Å². The summed E-state index contributed by atoms with van der Waals surface area (Å²) in [4.78, 5) is 10.2. The molecule has 4 nitrogen and oxygen atoms in total. The van der Waals surface area contributed by atoms with Crippen molar-refractivity contribution in [2.75, 3.05) is 0 Å². The fourth-order valence-electron chi connectivity index (χ4n) is 5.41. The number of aromatic hydroxyl groups is 1. The first kappa shape index (κ1) is 20.0. The zero-order valence-electron chi connectivity index (χ0n) is 19.4. The highest BCUT2D eigenvalue weighted by molar-refractivity contribution is 6.13. The normalized spacial score (nSPS) is 13.8. The van der Waals surface area contributed by atoms with Crippen LogP contribution in [-0.4, -0.2) is 15.1 Å². The van der Waals surface area contributed by atoms with Gasteiger partial charge in [0.2, 0.25) is 0 Å². The van der Waals surface area contributed by atoms with Gasteiger partial charge in [0.15, 0.2) is 5.58 Å². The van der Waals surface area contributed by atoms with E-state index in [4.69, 9.17) is 14.4 Å². The molecule has 0 radical (unpaired) electrons. The van der Waals surface area contributed by atoms with Gasteiger partial charge in [-0.05, 0) is 47.5 Å². The minimum atomic E-state index is -0.194. The minimum Gasteiger partial charge on any atom is -0.507 e. The standard InChI is InChI=1S/C31H22N2O2/c1-31(2)20-13-16-25-28(27(20)29-21(31)12-14-22(32-29)18-8-4-3-5-9-18)30-26(35-25)17-15-23(33-30)19-10-6-7-11-24(19)34/h3-17,34H,1-2H3. The smallest absolute Gasteiger partial charge is 0.153 e. The molecule has 0 bridgehead atoms. The lowest BCUT2D eigenvalue weighted by molar-refractivity contribution is 0.477. The molecule has 168 valence electrons. The summed E-state index contributed by atoms with van der Waals surface area (Å²) in [6.45, 7) is 4.49. The summed E-state index contributed by atoms with van der Waals surface area (Å²) in [5, 5.41) is 11.4. The second-order valence-corrected chi connectivity index (χ2v) is 9.61. The highest BCUT2D eigenvalue weighted by Crippen LogP contribution is 2.52. The molecule has 4 heteroatoms. The van der Waals surface area contributed by atoms with Gasteiger partial charge in [0.05, 0.1) is 22.5 Å². The van der Waals surface area contributed by atoms with Gasteiger partial charge in [0.25, 0.3) is 0 Å². The van der Waals surface area contributed by atoms with Crippen LogP contribution in [0, 0.1) is 0 Å². The van der Waals surface area contributed by atoms with Gasteiger partial charge in [0, 0.05) is 22.1 Å². The number of hydrogen-bond donors (Lipinski definition) is 1. The first-order chi connectivity index (χ1) is 17.0. The van der Waals surface area contributed by atoms with Crippen molar-refractivity contribution < 1.29 is 9.52 Å². The third kappa shape index (κ3) is 2.80. The van der Waals surface area contributed by atoms with Crippen LogP contribution < -0.4 is 0 Å². The van der Waals surface area contributed by atoms with Crippen LogP contribution in [-0.2, 0) is 5.41 Å². The van der Waals surface area contributed by atoms with E-state index in [0.29, 0.717) is 11.3 Å². The maximum Gasteiger partial charge on any atom is 0.153 e. The summed E-state index contributed by atoms with van der Waals surface area (Å²) in [6, 6.07) is 29.9. The summed E-state index contributed by atoms with van der Waals surface area (Å²) < 4.78 is 6.24. The van der Waals surface area contributed by atoms with Crippen LogP contribution in [0.5, 0.6) is 5.75 Å². The zero-order chi connectivity index (χ0) is 23.7. The molecule has 0 saturated carbocycles. The molecule has 0 saturated heterocycles. The molecule has 0 unspecified atom stereocenters. The summed E-state index contributed by atoms with van der Waals surface area (Å²) in [5.41, 5.74) is 10.0. The van der Waals surface area contributed by atoms with E-state index in [1.807, 2.05) is 54.6 Å². The second kappa shape index (κ2) is 7.03. The van der Waals surface area contributed by atoms with Crippen molar-refractivity contribution in [3.8, 4) is 39.5 Å². The lowest BCUT2D eigenvalue weighted by atomic mass is 9.82. The fraction of sp³-hybridized carbons (Fsp3) is 0.0968. The van der Waals surface area contributed by atoms with Gasteiger partial charge >= 0.3 is 0 Å². The van der Waals surface area contributed by atoms with Crippen LogP contribution in [0.2, 0.25) is 0 Å². The van der Waals surface area contributed by atoms with Crippen LogP contribution >= 0.6 is 0 Å². The molecule has 0 atom stereocenters. The van der Waals surface area contributed by atoms with Gasteiger partial charge in [-0.15, -0.1) is 0 Å². The van der Waals surface area contributed by atoms with Crippen molar-refractivity contribution >= 4 is 22.1 Å². The third-order valence-corrected chi connectivity index (χ3v) is 7.21. The monoisotopic (exact) mass is 454 g/mol. The first-order valence-corrected chi connectivity index (χ1v) is 11.7. The minimum absolute atomic E-state index is 0.194. The van der Waals surface area contributed by atoms with Gasteiger partial charge in [-0.3, -0.25) is 0 Å². The van der Waals surface area contributed by atoms with Crippen LogP contribution in [0.15, 0.2) is 95.4 Å². The van der Waals surface area contributed by atoms with Crippen molar-refractivity contribution in [1.29, 1.82) is 0 Å². The summed E-state index contributed by atoms with van der Waals surface area (Å²) in [6.07, 6.45) is 0. The number of phenols is 1. The van der Waals surface area contributed by atoms with E-state index < -0.39 is 0 Å². The number of phenolic OH excluding ortho intramolecular Hbond substituents is 1. The van der Waals surface area contributed by atoms with Crippen molar-refractivity contribution in [2.45, 2.75) is 19.3 Å².